The molecule has 0 aliphatic heterocycles. The van der Waals surface area contributed by atoms with Crippen LogP contribution in [0.25, 0.3) is 0 Å². The van der Waals surface area contributed by atoms with Crippen LogP contribution < -0.4 is 5.73 Å². The number of thiophene rings is 1. The first-order valence-electron chi connectivity index (χ1n) is 6.17. The van der Waals surface area contributed by atoms with Crippen molar-refractivity contribution in [3.63, 3.8) is 0 Å². The lowest BCUT2D eigenvalue weighted by Crippen LogP contribution is -2.21. The van der Waals surface area contributed by atoms with Crippen LogP contribution in [0.4, 0.5) is 4.39 Å². The maximum atomic E-state index is 13.3. The Bertz CT molecular complexity index is 659. The van der Waals surface area contributed by atoms with Crippen molar-refractivity contribution in [1.29, 1.82) is 0 Å². The van der Waals surface area contributed by atoms with Crippen molar-refractivity contribution in [2.75, 3.05) is 7.05 Å². The fourth-order valence-electron chi connectivity index (χ4n) is 2.07. The highest BCUT2D eigenvalue weighted by Gasteiger charge is 2.11. The van der Waals surface area contributed by atoms with E-state index in [1.54, 1.807) is 17.4 Å². The third-order valence-electron chi connectivity index (χ3n) is 2.97. The van der Waals surface area contributed by atoms with E-state index >= 15 is 0 Å². The smallest absolute Gasteiger partial charge is 0.170 e. The van der Waals surface area contributed by atoms with Crippen molar-refractivity contribution in [1.82, 2.24) is 4.90 Å². The molecule has 2 rings (SSSR count). The van der Waals surface area contributed by atoms with Crippen molar-refractivity contribution in [2.24, 2.45) is 10.9 Å². The van der Waals surface area contributed by atoms with Crippen LogP contribution in [-0.4, -0.2) is 23.0 Å². The highest BCUT2D eigenvalue weighted by atomic mass is 79.9. The molecule has 112 valence electrons. The SMILES string of the molecule is CN(Cc1csc(Br)c1)Cc1ccc(F)cc1C(N)=NO. The van der Waals surface area contributed by atoms with Crippen molar-refractivity contribution in [3.05, 3.63) is 55.9 Å². The molecular weight excluding hydrogens is 357 g/mol. The molecule has 0 atom stereocenters. The number of nitrogens with zero attached hydrogens (tertiary/aromatic N) is 2. The molecule has 0 bridgehead atoms. The van der Waals surface area contributed by atoms with Crippen molar-refractivity contribution in [2.45, 2.75) is 13.1 Å². The van der Waals surface area contributed by atoms with E-state index in [2.05, 4.69) is 37.4 Å². The lowest BCUT2D eigenvalue weighted by atomic mass is 10.1. The van der Waals surface area contributed by atoms with E-state index in [9.17, 15) is 4.39 Å². The highest BCUT2D eigenvalue weighted by Crippen LogP contribution is 2.22. The van der Waals surface area contributed by atoms with Gasteiger partial charge in [0.2, 0.25) is 0 Å². The number of oxime groups is 1. The molecule has 21 heavy (non-hydrogen) atoms. The maximum absolute atomic E-state index is 13.3. The molecular formula is C14H15BrFN3OS. The van der Waals surface area contributed by atoms with Gasteiger partial charge >= 0.3 is 0 Å². The van der Waals surface area contributed by atoms with Gasteiger partial charge in [-0.1, -0.05) is 11.2 Å². The first-order valence-corrected chi connectivity index (χ1v) is 7.84. The highest BCUT2D eigenvalue weighted by molar-refractivity contribution is 9.11. The van der Waals surface area contributed by atoms with Crippen LogP contribution in [0.2, 0.25) is 0 Å². The summed E-state index contributed by atoms with van der Waals surface area (Å²) in [6, 6.07) is 6.37. The Kier molecular flexibility index (Phi) is 5.33. The predicted octanol–water partition coefficient (Wildman–Crippen LogP) is 3.38. The van der Waals surface area contributed by atoms with E-state index in [0.29, 0.717) is 12.1 Å². The van der Waals surface area contributed by atoms with Gasteiger partial charge in [-0.15, -0.1) is 11.3 Å². The lowest BCUT2D eigenvalue weighted by molar-refractivity contribution is 0.315. The second kappa shape index (κ2) is 7.02. The topological polar surface area (TPSA) is 61.8 Å². The first-order chi connectivity index (χ1) is 9.99. The molecule has 1 aromatic heterocycles. The van der Waals surface area contributed by atoms with Crippen LogP contribution >= 0.6 is 27.3 Å². The molecule has 0 fully saturated rings. The zero-order valence-electron chi connectivity index (χ0n) is 11.4. The van der Waals surface area contributed by atoms with E-state index in [0.717, 1.165) is 15.9 Å². The largest absolute Gasteiger partial charge is 0.409 e. The van der Waals surface area contributed by atoms with Gasteiger partial charge in [-0.3, -0.25) is 4.90 Å². The molecule has 0 saturated heterocycles. The average Bonchev–Trinajstić information content (AvgIpc) is 2.85. The van der Waals surface area contributed by atoms with Gasteiger partial charge in [0, 0.05) is 18.7 Å². The van der Waals surface area contributed by atoms with Crippen LogP contribution in [0.3, 0.4) is 0 Å². The third-order valence-corrected chi connectivity index (χ3v) is 4.52. The number of hydrogen-bond acceptors (Lipinski definition) is 4. The summed E-state index contributed by atoms with van der Waals surface area (Å²) >= 11 is 5.07. The molecule has 4 nitrogen and oxygen atoms in total. The predicted molar refractivity (Wildman–Crippen MR) is 86.1 cm³/mol. The van der Waals surface area contributed by atoms with Gasteiger partial charge in [0.05, 0.1) is 3.79 Å². The molecule has 0 unspecified atom stereocenters. The Labute approximate surface area is 134 Å². The standard InChI is InChI=1S/C14H15BrFN3OS/c1-19(6-9-4-13(15)21-8-9)7-10-2-3-11(16)5-12(10)14(17)18-20/h2-5,8,20H,6-7H2,1H3,(H2,17,18). The Morgan fingerprint density at radius 1 is 1.43 bits per heavy atom. The summed E-state index contributed by atoms with van der Waals surface area (Å²) in [5.74, 6) is -0.499. The van der Waals surface area contributed by atoms with Gasteiger partial charge in [-0.25, -0.2) is 4.39 Å². The second-order valence-electron chi connectivity index (χ2n) is 4.72. The molecule has 1 heterocycles. The van der Waals surface area contributed by atoms with Crippen molar-refractivity contribution < 1.29 is 9.60 Å². The molecule has 1 aromatic carbocycles. The first kappa shape index (κ1) is 15.9. The molecule has 2 aromatic rings. The minimum Gasteiger partial charge on any atom is -0.409 e. The summed E-state index contributed by atoms with van der Waals surface area (Å²) in [6.07, 6.45) is 0. The molecule has 0 saturated carbocycles. The summed E-state index contributed by atoms with van der Waals surface area (Å²) in [5.41, 5.74) is 8.02. The van der Waals surface area contributed by atoms with Crippen molar-refractivity contribution >= 4 is 33.1 Å². The minimum atomic E-state index is -0.412. The third kappa shape index (κ3) is 4.26. The Morgan fingerprint density at radius 2 is 2.19 bits per heavy atom. The molecule has 3 N–H and O–H groups in total. The molecule has 0 aliphatic rings. The number of rotatable bonds is 5. The van der Waals surface area contributed by atoms with Gasteiger partial charge in [0.25, 0.3) is 0 Å². The van der Waals surface area contributed by atoms with Gasteiger partial charge in [0.1, 0.15) is 5.82 Å². The van der Waals surface area contributed by atoms with Gasteiger partial charge < -0.3 is 10.9 Å². The lowest BCUT2D eigenvalue weighted by Gasteiger charge is -2.18. The van der Waals surface area contributed by atoms with Gasteiger partial charge in [-0.2, -0.15) is 0 Å². The molecule has 7 heteroatoms. The van der Waals surface area contributed by atoms with Gasteiger partial charge in [-0.05, 0) is 57.7 Å². The monoisotopic (exact) mass is 371 g/mol. The van der Waals surface area contributed by atoms with Crippen molar-refractivity contribution in [3.8, 4) is 0 Å². The molecule has 0 spiro atoms. The fraction of sp³-hybridized carbons (Fsp3) is 0.214. The van der Waals surface area contributed by atoms with Gasteiger partial charge in [0.15, 0.2) is 5.84 Å². The zero-order chi connectivity index (χ0) is 15.4. The summed E-state index contributed by atoms with van der Waals surface area (Å²) in [6.45, 7) is 1.33. The fourth-order valence-corrected chi connectivity index (χ4v) is 3.27. The summed E-state index contributed by atoms with van der Waals surface area (Å²) in [4.78, 5) is 2.08. The Balaban J connectivity index is 2.15. The van der Waals surface area contributed by atoms with E-state index in [4.69, 9.17) is 10.9 Å². The van der Waals surface area contributed by atoms with Crippen LogP contribution in [0, 0.1) is 5.82 Å². The zero-order valence-corrected chi connectivity index (χ0v) is 13.8. The molecule has 0 aliphatic carbocycles. The minimum absolute atomic E-state index is 0.0869. The summed E-state index contributed by atoms with van der Waals surface area (Å²) < 4.78 is 14.4. The maximum Gasteiger partial charge on any atom is 0.170 e. The normalized spacial score (nSPS) is 12.1. The molecule has 0 amide bonds. The van der Waals surface area contributed by atoms with Crippen LogP contribution in [0.15, 0.2) is 38.6 Å². The van der Waals surface area contributed by atoms with Crippen LogP contribution in [0.1, 0.15) is 16.7 Å². The van der Waals surface area contributed by atoms with E-state index < -0.39 is 5.82 Å². The van der Waals surface area contributed by atoms with Crippen LogP contribution in [0.5, 0.6) is 0 Å². The molecule has 0 radical (unpaired) electrons. The summed E-state index contributed by atoms with van der Waals surface area (Å²) in [7, 11) is 1.96. The summed E-state index contributed by atoms with van der Waals surface area (Å²) in [5, 5.41) is 13.8. The Hall–Kier alpha value is -1.44. The Morgan fingerprint density at radius 3 is 2.81 bits per heavy atom. The number of hydrogen-bond donors (Lipinski definition) is 2. The average molecular weight is 372 g/mol. The number of nitrogens with two attached hydrogens (primary N) is 1. The number of benzene rings is 1. The number of amidine groups is 1. The quantitative estimate of drug-likeness (QED) is 0.366. The van der Waals surface area contributed by atoms with E-state index in [1.807, 2.05) is 7.05 Å². The number of halogens is 2. The van der Waals surface area contributed by atoms with Crippen LogP contribution in [-0.2, 0) is 13.1 Å². The van der Waals surface area contributed by atoms with E-state index in [-0.39, 0.29) is 5.84 Å². The second-order valence-corrected chi connectivity index (χ2v) is 7.01. The van der Waals surface area contributed by atoms with E-state index in [1.165, 1.54) is 17.7 Å².